The van der Waals surface area contributed by atoms with Gasteiger partial charge in [-0.25, -0.2) is 4.98 Å². The van der Waals surface area contributed by atoms with Crippen LogP contribution in [0.15, 0.2) is 53.7 Å². The number of benzene rings is 2. The minimum atomic E-state index is -0.496. The monoisotopic (exact) mass is 356 g/mol. The second-order valence-corrected chi connectivity index (χ2v) is 5.93. The molecule has 1 aromatic heterocycles. The molecule has 1 heterocycles. The number of oxime groups is 1. The van der Waals surface area contributed by atoms with Gasteiger partial charge in [-0.2, -0.15) is 0 Å². The number of non-ortho nitro benzene ring substituents is 1. The van der Waals surface area contributed by atoms with Gasteiger partial charge in [0.15, 0.2) is 11.7 Å². The number of carbonyl (C=O) groups excluding carboxylic acids is 1. The van der Waals surface area contributed by atoms with Crippen molar-refractivity contribution >= 4 is 44.5 Å². The second kappa shape index (κ2) is 7.49. The Morgan fingerprint density at radius 2 is 2.16 bits per heavy atom. The molecule has 3 rings (SSSR count). The summed E-state index contributed by atoms with van der Waals surface area (Å²) in [6.07, 6.45) is 1.30. The molecule has 0 radical (unpaired) electrons. The summed E-state index contributed by atoms with van der Waals surface area (Å²) in [5, 5.41) is 17.4. The highest BCUT2D eigenvalue weighted by Gasteiger charge is 2.08. The molecular formula is C16H12N4O4S. The number of nitrogens with zero attached hydrogens (tertiary/aromatic N) is 3. The first-order chi connectivity index (χ1) is 12.1. The fraction of sp³-hybridized carbons (Fsp3) is 0.0625. The standard InChI is InChI=1S/C16H12N4O4S/c21-15(19-16-18-13-6-1-2-7-14(13)25-16)10-24-17-9-11-4-3-5-12(8-11)20(22)23/h1-9H,10H2,(H,18,19,21)/b17-9+. The molecule has 0 atom stereocenters. The molecule has 0 bridgehead atoms. The maximum Gasteiger partial charge on any atom is 0.270 e. The van der Waals surface area contributed by atoms with E-state index < -0.39 is 10.8 Å². The van der Waals surface area contributed by atoms with Crippen LogP contribution in [0.5, 0.6) is 0 Å². The molecule has 2 aromatic carbocycles. The number of rotatable bonds is 6. The fourth-order valence-corrected chi connectivity index (χ4v) is 2.88. The highest BCUT2D eigenvalue weighted by Crippen LogP contribution is 2.25. The number of carbonyl (C=O) groups is 1. The van der Waals surface area contributed by atoms with E-state index in [4.69, 9.17) is 4.84 Å². The van der Waals surface area contributed by atoms with E-state index in [1.807, 2.05) is 24.3 Å². The van der Waals surface area contributed by atoms with Crippen LogP contribution >= 0.6 is 11.3 Å². The van der Waals surface area contributed by atoms with Crippen LogP contribution in [-0.4, -0.2) is 28.6 Å². The third kappa shape index (κ3) is 4.36. The van der Waals surface area contributed by atoms with E-state index in [-0.39, 0.29) is 12.3 Å². The Hall–Kier alpha value is -3.33. The third-order valence-electron chi connectivity index (χ3n) is 3.09. The normalized spacial score (nSPS) is 10.9. The molecule has 0 aliphatic carbocycles. The van der Waals surface area contributed by atoms with Crippen LogP contribution in [0.25, 0.3) is 10.2 Å². The SMILES string of the molecule is O=C(CO/N=C/c1cccc([N+](=O)[O-])c1)Nc1nc2ccccc2s1. The van der Waals surface area contributed by atoms with Gasteiger partial charge in [0, 0.05) is 17.7 Å². The summed E-state index contributed by atoms with van der Waals surface area (Å²) in [5.41, 5.74) is 1.27. The van der Waals surface area contributed by atoms with Crippen molar-refractivity contribution < 1.29 is 14.6 Å². The molecule has 25 heavy (non-hydrogen) atoms. The average molecular weight is 356 g/mol. The molecule has 0 unspecified atom stereocenters. The third-order valence-corrected chi connectivity index (χ3v) is 4.05. The van der Waals surface area contributed by atoms with Crippen molar-refractivity contribution in [3.8, 4) is 0 Å². The Balaban J connectivity index is 1.52. The first-order valence-electron chi connectivity index (χ1n) is 7.17. The Bertz CT molecular complexity index is 921. The summed E-state index contributed by atoms with van der Waals surface area (Å²) in [6, 6.07) is 13.5. The largest absolute Gasteiger partial charge is 0.386 e. The zero-order valence-corrected chi connectivity index (χ0v) is 13.6. The summed E-state index contributed by atoms with van der Waals surface area (Å²) in [6.45, 7) is -0.290. The molecule has 0 aliphatic rings. The molecule has 0 saturated heterocycles. The second-order valence-electron chi connectivity index (χ2n) is 4.89. The van der Waals surface area contributed by atoms with Gasteiger partial charge in [0.1, 0.15) is 0 Å². The van der Waals surface area contributed by atoms with Crippen molar-refractivity contribution in [2.75, 3.05) is 11.9 Å². The number of anilines is 1. The van der Waals surface area contributed by atoms with E-state index in [0.717, 1.165) is 10.2 Å². The molecule has 1 N–H and O–H groups in total. The van der Waals surface area contributed by atoms with Crippen molar-refractivity contribution in [3.63, 3.8) is 0 Å². The van der Waals surface area contributed by atoms with E-state index >= 15 is 0 Å². The highest BCUT2D eigenvalue weighted by molar-refractivity contribution is 7.22. The molecule has 0 saturated carbocycles. The number of thiazole rings is 1. The van der Waals surface area contributed by atoms with Crippen LogP contribution in [0, 0.1) is 10.1 Å². The summed E-state index contributed by atoms with van der Waals surface area (Å²) in [5.74, 6) is -0.393. The lowest BCUT2D eigenvalue weighted by Crippen LogP contribution is -2.16. The Morgan fingerprint density at radius 3 is 2.96 bits per heavy atom. The first kappa shape index (κ1) is 16.5. The number of nitro groups is 1. The summed E-state index contributed by atoms with van der Waals surface area (Å²) >= 11 is 1.37. The van der Waals surface area contributed by atoms with Crippen LogP contribution in [0.1, 0.15) is 5.56 Å². The van der Waals surface area contributed by atoms with Gasteiger partial charge < -0.3 is 4.84 Å². The van der Waals surface area contributed by atoms with Gasteiger partial charge in [0.25, 0.3) is 11.6 Å². The van der Waals surface area contributed by atoms with Gasteiger partial charge in [-0.15, -0.1) is 0 Å². The predicted molar refractivity (Wildman–Crippen MR) is 94.9 cm³/mol. The number of para-hydroxylation sites is 1. The van der Waals surface area contributed by atoms with Crippen molar-refractivity contribution in [2.24, 2.45) is 5.16 Å². The van der Waals surface area contributed by atoms with Crippen molar-refractivity contribution in [3.05, 3.63) is 64.2 Å². The smallest absolute Gasteiger partial charge is 0.270 e. The molecule has 0 fully saturated rings. The quantitative estimate of drug-likeness (QED) is 0.415. The summed E-state index contributed by atoms with van der Waals surface area (Å²) in [7, 11) is 0. The van der Waals surface area contributed by atoms with Gasteiger partial charge in [-0.1, -0.05) is 40.8 Å². The minimum absolute atomic E-state index is 0.0440. The topological polar surface area (TPSA) is 107 Å². The van der Waals surface area contributed by atoms with E-state index in [2.05, 4.69) is 15.5 Å². The Morgan fingerprint density at radius 1 is 1.32 bits per heavy atom. The van der Waals surface area contributed by atoms with Crippen LogP contribution in [0.2, 0.25) is 0 Å². The maximum atomic E-state index is 11.8. The average Bonchev–Trinajstić information content (AvgIpc) is 3.01. The van der Waals surface area contributed by atoms with E-state index in [1.165, 1.54) is 29.7 Å². The molecule has 0 aliphatic heterocycles. The molecule has 1 amide bonds. The van der Waals surface area contributed by atoms with Crippen LogP contribution < -0.4 is 5.32 Å². The van der Waals surface area contributed by atoms with E-state index in [0.29, 0.717) is 10.7 Å². The fourth-order valence-electron chi connectivity index (χ4n) is 1.99. The van der Waals surface area contributed by atoms with Gasteiger partial charge in [0.2, 0.25) is 0 Å². The van der Waals surface area contributed by atoms with Crippen LogP contribution in [0.4, 0.5) is 10.8 Å². The molecule has 9 heteroatoms. The van der Waals surface area contributed by atoms with Crippen molar-refractivity contribution in [2.45, 2.75) is 0 Å². The number of fused-ring (bicyclic) bond motifs is 1. The number of nitro benzene ring substituents is 1. The first-order valence-corrected chi connectivity index (χ1v) is 7.99. The van der Waals surface area contributed by atoms with Crippen LogP contribution in [0.3, 0.4) is 0 Å². The van der Waals surface area contributed by atoms with Gasteiger partial charge in [-0.05, 0) is 12.1 Å². The molecule has 8 nitrogen and oxygen atoms in total. The zero-order valence-electron chi connectivity index (χ0n) is 12.8. The van der Waals surface area contributed by atoms with Crippen molar-refractivity contribution in [1.29, 1.82) is 0 Å². The summed E-state index contributed by atoms with van der Waals surface area (Å²) < 4.78 is 0.974. The number of amides is 1. The zero-order chi connectivity index (χ0) is 17.6. The van der Waals surface area contributed by atoms with Gasteiger partial charge >= 0.3 is 0 Å². The maximum absolute atomic E-state index is 11.8. The van der Waals surface area contributed by atoms with Gasteiger partial charge in [0.05, 0.1) is 21.4 Å². The summed E-state index contributed by atoms with van der Waals surface area (Å²) in [4.78, 5) is 31.2. The predicted octanol–water partition coefficient (Wildman–Crippen LogP) is 3.19. The van der Waals surface area contributed by atoms with E-state index in [1.54, 1.807) is 12.1 Å². The minimum Gasteiger partial charge on any atom is -0.386 e. The van der Waals surface area contributed by atoms with E-state index in [9.17, 15) is 14.9 Å². The Kier molecular flexibility index (Phi) is 4.95. The molecule has 3 aromatic rings. The van der Waals surface area contributed by atoms with Crippen molar-refractivity contribution in [1.82, 2.24) is 4.98 Å². The number of aromatic nitrogens is 1. The highest BCUT2D eigenvalue weighted by atomic mass is 32.1. The molecule has 126 valence electrons. The number of nitrogens with one attached hydrogen (secondary N) is 1. The molecular weight excluding hydrogens is 344 g/mol. The molecule has 0 spiro atoms. The number of hydrogen-bond donors (Lipinski definition) is 1. The number of hydrogen-bond acceptors (Lipinski definition) is 7. The lowest BCUT2D eigenvalue weighted by Gasteiger charge is -1.99. The van der Waals surface area contributed by atoms with Gasteiger partial charge in [-0.3, -0.25) is 20.2 Å². The van der Waals surface area contributed by atoms with Crippen LogP contribution in [-0.2, 0) is 9.63 Å². The Labute approximate surface area is 145 Å². The lowest BCUT2D eigenvalue weighted by molar-refractivity contribution is -0.384. The lowest BCUT2D eigenvalue weighted by atomic mass is 10.2.